The highest BCUT2D eigenvalue weighted by Crippen LogP contribution is 2.37. The number of hydrogen-bond acceptors (Lipinski definition) is 3. The summed E-state index contributed by atoms with van der Waals surface area (Å²) in [5.74, 6) is 1.10. The molecule has 1 aliphatic rings. The van der Waals surface area contributed by atoms with Gasteiger partial charge >= 0.3 is 0 Å². The minimum absolute atomic E-state index is 0.0663. The summed E-state index contributed by atoms with van der Waals surface area (Å²) in [6.07, 6.45) is 1.14. The van der Waals surface area contributed by atoms with Gasteiger partial charge in [-0.2, -0.15) is 11.8 Å². The Hall–Kier alpha value is -0.190. The van der Waals surface area contributed by atoms with E-state index in [1.54, 1.807) is 0 Å². The minimum Gasteiger partial charge on any atom is -0.377 e. The van der Waals surface area contributed by atoms with Crippen LogP contribution in [0.1, 0.15) is 24.5 Å². The molecular formula is C14H21BrN2S. The number of hydrogen-bond donors (Lipinski definition) is 2. The fourth-order valence-corrected chi connectivity index (χ4v) is 4.15. The Labute approximate surface area is 122 Å². The lowest BCUT2D eigenvalue weighted by atomic mass is 9.95. The summed E-state index contributed by atoms with van der Waals surface area (Å²) in [5, 5.41) is 4.37. The molecular weight excluding hydrogens is 308 g/mol. The van der Waals surface area contributed by atoms with Gasteiger partial charge in [-0.1, -0.05) is 22.9 Å². The lowest BCUT2D eigenvalue weighted by molar-refractivity contribution is 0.513. The van der Waals surface area contributed by atoms with Gasteiger partial charge in [0.2, 0.25) is 0 Å². The molecule has 2 unspecified atom stereocenters. The molecule has 0 aromatic heterocycles. The molecule has 2 rings (SSSR count). The number of nitrogens with one attached hydrogen (secondary N) is 1. The molecule has 4 heteroatoms. The van der Waals surface area contributed by atoms with Crippen molar-refractivity contribution in [1.29, 1.82) is 0 Å². The Morgan fingerprint density at radius 2 is 2.06 bits per heavy atom. The third-order valence-electron chi connectivity index (χ3n) is 3.56. The molecule has 1 saturated heterocycles. The van der Waals surface area contributed by atoms with Gasteiger partial charge in [-0.3, -0.25) is 0 Å². The molecule has 1 aliphatic heterocycles. The van der Waals surface area contributed by atoms with E-state index in [1.807, 2.05) is 11.8 Å². The van der Waals surface area contributed by atoms with Crippen LogP contribution in [0.4, 0.5) is 5.69 Å². The van der Waals surface area contributed by atoms with Crippen LogP contribution in [0.2, 0.25) is 0 Å². The standard InChI is InChI=1S/C14H21BrN2S/c1-9-4-12(5-10(2)13(9)15)17-14(7-16)6-11(3)18-8-14/h4-5,11,17H,6-8,16H2,1-3H3. The average Bonchev–Trinajstić information content (AvgIpc) is 2.68. The summed E-state index contributed by atoms with van der Waals surface area (Å²) in [6.45, 7) is 7.23. The molecule has 18 heavy (non-hydrogen) atoms. The van der Waals surface area contributed by atoms with E-state index in [1.165, 1.54) is 21.3 Å². The highest BCUT2D eigenvalue weighted by molar-refractivity contribution is 9.10. The monoisotopic (exact) mass is 328 g/mol. The molecule has 3 N–H and O–H groups in total. The molecule has 0 bridgehead atoms. The van der Waals surface area contributed by atoms with Crippen LogP contribution in [0.5, 0.6) is 0 Å². The molecule has 0 saturated carbocycles. The largest absolute Gasteiger partial charge is 0.377 e. The van der Waals surface area contributed by atoms with E-state index in [0.29, 0.717) is 11.8 Å². The van der Waals surface area contributed by atoms with E-state index in [2.05, 4.69) is 54.2 Å². The van der Waals surface area contributed by atoms with Crippen LogP contribution in [0.25, 0.3) is 0 Å². The van der Waals surface area contributed by atoms with Gasteiger partial charge in [-0.05, 0) is 43.5 Å². The molecule has 0 radical (unpaired) electrons. The van der Waals surface area contributed by atoms with E-state index < -0.39 is 0 Å². The number of aryl methyl sites for hydroxylation is 2. The number of halogens is 1. The van der Waals surface area contributed by atoms with Crippen molar-refractivity contribution in [2.45, 2.75) is 38.0 Å². The van der Waals surface area contributed by atoms with Crippen LogP contribution in [0.15, 0.2) is 16.6 Å². The molecule has 1 fully saturated rings. The van der Waals surface area contributed by atoms with Crippen molar-refractivity contribution in [3.05, 3.63) is 27.7 Å². The molecule has 2 nitrogen and oxygen atoms in total. The van der Waals surface area contributed by atoms with Crippen molar-refractivity contribution in [3.8, 4) is 0 Å². The van der Waals surface area contributed by atoms with E-state index in [9.17, 15) is 0 Å². The van der Waals surface area contributed by atoms with Crippen molar-refractivity contribution in [2.75, 3.05) is 17.6 Å². The fourth-order valence-electron chi connectivity index (χ4n) is 2.57. The summed E-state index contributed by atoms with van der Waals surface area (Å²) < 4.78 is 1.20. The first-order chi connectivity index (χ1) is 8.46. The molecule has 100 valence electrons. The van der Waals surface area contributed by atoms with E-state index >= 15 is 0 Å². The second-order valence-electron chi connectivity index (χ2n) is 5.36. The molecule has 1 aromatic carbocycles. The Morgan fingerprint density at radius 3 is 2.50 bits per heavy atom. The third kappa shape index (κ3) is 2.86. The second-order valence-corrected chi connectivity index (χ2v) is 7.58. The van der Waals surface area contributed by atoms with Crippen LogP contribution in [0, 0.1) is 13.8 Å². The van der Waals surface area contributed by atoms with Crippen molar-refractivity contribution < 1.29 is 0 Å². The van der Waals surface area contributed by atoms with Crippen LogP contribution >= 0.6 is 27.7 Å². The maximum atomic E-state index is 6.00. The first-order valence-electron chi connectivity index (χ1n) is 6.32. The maximum absolute atomic E-state index is 6.00. The number of benzene rings is 1. The van der Waals surface area contributed by atoms with Crippen LogP contribution in [-0.4, -0.2) is 23.1 Å². The van der Waals surface area contributed by atoms with Crippen LogP contribution in [-0.2, 0) is 0 Å². The van der Waals surface area contributed by atoms with Crippen LogP contribution in [0.3, 0.4) is 0 Å². The smallest absolute Gasteiger partial charge is 0.0596 e. The first-order valence-corrected chi connectivity index (χ1v) is 8.16. The Bertz CT molecular complexity index is 426. The highest BCUT2D eigenvalue weighted by Gasteiger charge is 2.36. The van der Waals surface area contributed by atoms with Gasteiger partial charge in [0.05, 0.1) is 5.54 Å². The molecule has 1 heterocycles. The van der Waals surface area contributed by atoms with E-state index in [0.717, 1.165) is 12.2 Å². The zero-order valence-electron chi connectivity index (χ0n) is 11.2. The number of rotatable bonds is 3. The second kappa shape index (κ2) is 5.43. The van der Waals surface area contributed by atoms with Gasteiger partial charge in [0.1, 0.15) is 0 Å². The molecule has 0 aliphatic carbocycles. The molecule has 0 spiro atoms. The average molecular weight is 329 g/mol. The zero-order valence-corrected chi connectivity index (χ0v) is 13.6. The number of thioether (sulfide) groups is 1. The van der Waals surface area contributed by atoms with Gasteiger partial charge < -0.3 is 11.1 Å². The lowest BCUT2D eigenvalue weighted by Crippen LogP contribution is -2.46. The topological polar surface area (TPSA) is 38.0 Å². The van der Waals surface area contributed by atoms with Gasteiger partial charge in [0, 0.05) is 27.7 Å². The predicted molar refractivity (Wildman–Crippen MR) is 85.6 cm³/mol. The van der Waals surface area contributed by atoms with Crippen molar-refractivity contribution in [1.82, 2.24) is 0 Å². The number of nitrogens with two attached hydrogens (primary N) is 1. The summed E-state index contributed by atoms with van der Waals surface area (Å²) in [4.78, 5) is 0. The van der Waals surface area contributed by atoms with Gasteiger partial charge in [0.25, 0.3) is 0 Å². The zero-order chi connectivity index (χ0) is 13.3. The summed E-state index contributed by atoms with van der Waals surface area (Å²) in [5.41, 5.74) is 9.79. The maximum Gasteiger partial charge on any atom is 0.0596 e. The fraction of sp³-hybridized carbons (Fsp3) is 0.571. The summed E-state index contributed by atoms with van der Waals surface area (Å²) >= 11 is 5.62. The van der Waals surface area contributed by atoms with Crippen molar-refractivity contribution in [2.24, 2.45) is 5.73 Å². The SMILES string of the molecule is Cc1cc(NC2(CN)CSC(C)C2)cc(C)c1Br. The van der Waals surface area contributed by atoms with Gasteiger partial charge in [-0.25, -0.2) is 0 Å². The Balaban J connectivity index is 2.23. The summed E-state index contributed by atoms with van der Waals surface area (Å²) in [7, 11) is 0. The molecule has 1 aromatic rings. The first kappa shape index (κ1) is 14.2. The Morgan fingerprint density at radius 1 is 1.44 bits per heavy atom. The molecule has 0 amide bonds. The van der Waals surface area contributed by atoms with E-state index in [4.69, 9.17) is 5.73 Å². The third-order valence-corrected chi connectivity index (χ3v) is 6.26. The van der Waals surface area contributed by atoms with E-state index in [-0.39, 0.29) is 5.54 Å². The van der Waals surface area contributed by atoms with Crippen LogP contribution < -0.4 is 11.1 Å². The predicted octanol–water partition coefficient (Wildman–Crippen LogP) is 3.70. The van der Waals surface area contributed by atoms with Crippen molar-refractivity contribution >= 4 is 33.4 Å². The van der Waals surface area contributed by atoms with Gasteiger partial charge in [-0.15, -0.1) is 0 Å². The minimum atomic E-state index is 0.0663. The molecule has 2 atom stereocenters. The highest BCUT2D eigenvalue weighted by atomic mass is 79.9. The Kier molecular flexibility index (Phi) is 4.29. The lowest BCUT2D eigenvalue weighted by Gasteiger charge is -2.30. The quantitative estimate of drug-likeness (QED) is 0.888. The normalized spacial score (nSPS) is 27.5. The van der Waals surface area contributed by atoms with Gasteiger partial charge in [0.15, 0.2) is 0 Å². The number of anilines is 1. The summed E-state index contributed by atoms with van der Waals surface area (Å²) in [6, 6.07) is 4.39. The van der Waals surface area contributed by atoms with Crippen molar-refractivity contribution in [3.63, 3.8) is 0 Å².